The van der Waals surface area contributed by atoms with Gasteiger partial charge in [-0.2, -0.15) is 0 Å². The third-order valence-corrected chi connectivity index (χ3v) is 4.84. The van der Waals surface area contributed by atoms with Gasteiger partial charge in [0.25, 0.3) is 0 Å². The van der Waals surface area contributed by atoms with Crippen LogP contribution in [0.3, 0.4) is 0 Å². The number of allylic oxidation sites excluding steroid dienone is 2. The van der Waals surface area contributed by atoms with Gasteiger partial charge < -0.3 is 10.1 Å². The first-order chi connectivity index (χ1) is 11.2. The van der Waals surface area contributed by atoms with Gasteiger partial charge in [0.05, 0.1) is 13.2 Å². The molecule has 0 bridgehead atoms. The minimum absolute atomic E-state index is 0.0443. The number of carbonyl (C=O) groups is 2. The van der Waals surface area contributed by atoms with E-state index in [1.807, 2.05) is 0 Å². The smallest absolute Gasteiger partial charge is 0.220 e. The molecule has 2 rings (SSSR count). The van der Waals surface area contributed by atoms with Crippen molar-refractivity contribution in [3.05, 3.63) is 12.2 Å². The van der Waals surface area contributed by atoms with Crippen molar-refractivity contribution >= 4 is 11.7 Å². The molecule has 0 aromatic carbocycles. The fraction of sp³-hybridized carbons (Fsp3) is 0.778. The highest BCUT2D eigenvalue weighted by atomic mass is 16.5. The van der Waals surface area contributed by atoms with Gasteiger partial charge in [0, 0.05) is 44.9 Å². The van der Waals surface area contributed by atoms with Crippen LogP contribution in [-0.2, 0) is 14.3 Å². The Morgan fingerprint density at radius 1 is 1.35 bits per heavy atom. The number of hydrogen-bond acceptors (Lipinski definition) is 4. The molecule has 1 N–H and O–H groups in total. The highest BCUT2D eigenvalue weighted by Gasteiger charge is 2.34. The summed E-state index contributed by atoms with van der Waals surface area (Å²) >= 11 is 0. The van der Waals surface area contributed by atoms with Crippen molar-refractivity contribution in [1.82, 2.24) is 10.2 Å². The molecule has 0 spiro atoms. The largest absolute Gasteiger partial charge is 0.379 e. The van der Waals surface area contributed by atoms with Gasteiger partial charge in [-0.1, -0.05) is 19.1 Å². The maximum Gasteiger partial charge on any atom is 0.220 e. The van der Waals surface area contributed by atoms with Crippen LogP contribution in [-0.4, -0.2) is 56.0 Å². The summed E-state index contributed by atoms with van der Waals surface area (Å²) in [6, 6.07) is 0. The fourth-order valence-electron chi connectivity index (χ4n) is 3.44. The number of ether oxygens (including phenoxy) is 1. The average molecular weight is 322 g/mol. The molecule has 0 aromatic heterocycles. The molecule has 1 saturated heterocycles. The first kappa shape index (κ1) is 18.1. The van der Waals surface area contributed by atoms with E-state index in [-0.39, 0.29) is 17.7 Å². The second-order valence-electron chi connectivity index (χ2n) is 6.50. The van der Waals surface area contributed by atoms with Crippen LogP contribution >= 0.6 is 0 Å². The lowest BCUT2D eigenvalue weighted by molar-refractivity contribution is -0.123. The summed E-state index contributed by atoms with van der Waals surface area (Å²) in [5.41, 5.74) is 0. The average Bonchev–Trinajstić information content (AvgIpc) is 2.89. The predicted molar refractivity (Wildman–Crippen MR) is 90.2 cm³/mol. The van der Waals surface area contributed by atoms with Gasteiger partial charge in [0.1, 0.15) is 5.78 Å². The second kappa shape index (κ2) is 9.83. The Bertz CT molecular complexity index is 416. The quantitative estimate of drug-likeness (QED) is 0.692. The zero-order valence-corrected chi connectivity index (χ0v) is 14.3. The van der Waals surface area contributed by atoms with E-state index >= 15 is 0 Å². The molecule has 5 nitrogen and oxygen atoms in total. The predicted octanol–water partition coefficient (Wildman–Crippen LogP) is 1.78. The Labute approximate surface area is 139 Å². The zero-order chi connectivity index (χ0) is 16.5. The Hall–Kier alpha value is -1.20. The molecule has 0 radical (unpaired) electrons. The van der Waals surface area contributed by atoms with Crippen LogP contribution in [0.4, 0.5) is 0 Å². The van der Waals surface area contributed by atoms with Crippen LogP contribution in [0.1, 0.15) is 39.0 Å². The maximum atomic E-state index is 12.1. The van der Waals surface area contributed by atoms with Crippen LogP contribution in [0.5, 0.6) is 0 Å². The van der Waals surface area contributed by atoms with Gasteiger partial charge in [-0.05, 0) is 25.2 Å². The van der Waals surface area contributed by atoms with Gasteiger partial charge in [0.15, 0.2) is 0 Å². The van der Waals surface area contributed by atoms with Crippen LogP contribution < -0.4 is 5.32 Å². The molecule has 1 saturated carbocycles. The SMILES string of the molecule is CC/C=C/CC1C(=O)CCC1CC(=O)NCCN1CCOCC1. The van der Waals surface area contributed by atoms with Crippen LogP contribution in [0.25, 0.3) is 0 Å². The van der Waals surface area contributed by atoms with E-state index in [1.54, 1.807) is 0 Å². The molecule has 1 amide bonds. The molecule has 1 heterocycles. The normalized spacial score (nSPS) is 26.0. The van der Waals surface area contributed by atoms with Crippen LogP contribution in [0.15, 0.2) is 12.2 Å². The summed E-state index contributed by atoms with van der Waals surface area (Å²) < 4.78 is 5.31. The lowest BCUT2D eigenvalue weighted by Crippen LogP contribution is -2.41. The molecule has 1 aliphatic heterocycles. The van der Waals surface area contributed by atoms with Gasteiger partial charge >= 0.3 is 0 Å². The van der Waals surface area contributed by atoms with E-state index in [4.69, 9.17) is 4.74 Å². The molecule has 2 aliphatic rings. The second-order valence-corrected chi connectivity index (χ2v) is 6.50. The molecule has 23 heavy (non-hydrogen) atoms. The molecular formula is C18H30N2O3. The molecule has 5 heteroatoms. The lowest BCUT2D eigenvalue weighted by atomic mass is 9.89. The number of morpholine rings is 1. The van der Waals surface area contributed by atoms with Gasteiger partial charge in [-0.15, -0.1) is 0 Å². The Kier molecular flexibility index (Phi) is 7.76. The molecule has 2 atom stereocenters. The monoisotopic (exact) mass is 322 g/mol. The molecule has 2 fully saturated rings. The summed E-state index contributed by atoms with van der Waals surface area (Å²) in [5.74, 6) is 0.675. The summed E-state index contributed by atoms with van der Waals surface area (Å²) in [4.78, 5) is 26.4. The number of Topliss-reactive ketones (excluding diaryl/α,β-unsaturated/α-hetero) is 1. The molecule has 130 valence electrons. The standard InChI is InChI=1S/C18H30N2O3/c1-2-3-4-5-16-15(6-7-17(16)21)14-18(22)19-8-9-20-10-12-23-13-11-20/h3-4,15-16H,2,5-14H2,1H3,(H,19,22)/b4-3+. The van der Waals surface area contributed by atoms with E-state index in [9.17, 15) is 9.59 Å². The van der Waals surface area contributed by atoms with Gasteiger partial charge in [-0.25, -0.2) is 0 Å². The van der Waals surface area contributed by atoms with Crippen molar-refractivity contribution in [3.63, 3.8) is 0 Å². The Morgan fingerprint density at radius 3 is 2.87 bits per heavy atom. The van der Waals surface area contributed by atoms with Crippen molar-refractivity contribution in [2.45, 2.75) is 39.0 Å². The third-order valence-electron chi connectivity index (χ3n) is 4.84. The number of nitrogens with zero attached hydrogens (tertiary/aromatic N) is 1. The summed E-state index contributed by atoms with van der Waals surface area (Å²) in [5, 5.41) is 3.01. The van der Waals surface area contributed by atoms with Crippen molar-refractivity contribution in [2.75, 3.05) is 39.4 Å². The number of ketones is 1. The van der Waals surface area contributed by atoms with Gasteiger partial charge in [-0.3, -0.25) is 14.5 Å². The summed E-state index contributed by atoms with van der Waals surface area (Å²) in [7, 11) is 0. The maximum absolute atomic E-state index is 12.1. The van der Waals surface area contributed by atoms with Crippen molar-refractivity contribution in [1.29, 1.82) is 0 Å². The first-order valence-electron chi connectivity index (χ1n) is 8.95. The van der Waals surface area contributed by atoms with Crippen LogP contribution in [0, 0.1) is 11.8 Å². The van der Waals surface area contributed by atoms with Crippen LogP contribution in [0.2, 0.25) is 0 Å². The van der Waals surface area contributed by atoms with E-state index in [1.165, 1.54) is 0 Å². The number of rotatable bonds is 8. The van der Waals surface area contributed by atoms with Gasteiger partial charge in [0.2, 0.25) is 5.91 Å². The highest BCUT2D eigenvalue weighted by molar-refractivity contribution is 5.85. The third kappa shape index (κ3) is 6.07. The summed E-state index contributed by atoms with van der Waals surface area (Å²) in [6.45, 7) is 7.10. The number of nitrogens with one attached hydrogen (secondary N) is 1. The van der Waals surface area contributed by atoms with E-state index in [0.29, 0.717) is 25.2 Å². The van der Waals surface area contributed by atoms with Crippen molar-refractivity contribution in [2.24, 2.45) is 11.8 Å². The number of carbonyl (C=O) groups excluding carboxylic acids is 2. The molecular weight excluding hydrogens is 292 g/mol. The fourth-order valence-corrected chi connectivity index (χ4v) is 3.44. The molecule has 1 aliphatic carbocycles. The Morgan fingerprint density at radius 2 is 2.13 bits per heavy atom. The molecule has 2 unspecified atom stereocenters. The summed E-state index contributed by atoms with van der Waals surface area (Å²) in [6.07, 6.45) is 7.96. The topological polar surface area (TPSA) is 58.6 Å². The highest BCUT2D eigenvalue weighted by Crippen LogP contribution is 2.34. The van der Waals surface area contributed by atoms with E-state index in [0.717, 1.165) is 52.1 Å². The van der Waals surface area contributed by atoms with E-state index < -0.39 is 0 Å². The molecule has 0 aromatic rings. The number of hydrogen-bond donors (Lipinski definition) is 1. The minimum Gasteiger partial charge on any atom is -0.379 e. The van der Waals surface area contributed by atoms with E-state index in [2.05, 4.69) is 29.3 Å². The zero-order valence-electron chi connectivity index (χ0n) is 14.3. The first-order valence-corrected chi connectivity index (χ1v) is 8.95. The lowest BCUT2D eigenvalue weighted by Gasteiger charge is -2.26. The Balaban J connectivity index is 1.68. The van der Waals surface area contributed by atoms with Crippen molar-refractivity contribution < 1.29 is 14.3 Å². The minimum atomic E-state index is 0.0443. The number of amides is 1. The van der Waals surface area contributed by atoms with Crippen molar-refractivity contribution in [3.8, 4) is 0 Å².